The first-order valence-electron chi connectivity index (χ1n) is 9.73. The Hall–Kier alpha value is -3.23. The van der Waals surface area contributed by atoms with Gasteiger partial charge in [-0.25, -0.2) is 4.79 Å². The first-order valence-corrected chi connectivity index (χ1v) is 9.73. The van der Waals surface area contributed by atoms with Crippen molar-refractivity contribution >= 4 is 35.3 Å². The SMILES string of the molecule is CN1C(=O)c2ccc(NC(=O)CN3C(=O)NC(C4CC4)(C4CC4)C3=O)cc2C1=O. The van der Waals surface area contributed by atoms with Gasteiger partial charge in [0, 0.05) is 12.7 Å². The van der Waals surface area contributed by atoms with E-state index in [0.717, 1.165) is 35.5 Å². The molecule has 29 heavy (non-hydrogen) atoms. The van der Waals surface area contributed by atoms with Gasteiger partial charge in [0.2, 0.25) is 5.91 Å². The van der Waals surface area contributed by atoms with Crippen molar-refractivity contribution in [3.8, 4) is 0 Å². The third-order valence-electron chi connectivity index (χ3n) is 6.28. The Morgan fingerprint density at radius 3 is 2.31 bits per heavy atom. The molecule has 0 atom stereocenters. The third-order valence-corrected chi connectivity index (χ3v) is 6.28. The summed E-state index contributed by atoms with van der Waals surface area (Å²) in [5.74, 6) is -1.35. The van der Waals surface area contributed by atoms with Crippen LogP contribution in [0.15, 0.2) is 18.2 Å². The summed E-state index contributed by atoms with van der Waals surface area (Å²) < 4.78 is 0. The minimum atomic E-state index is -0.831. The van der Waals surface area contributed by atoms with E-state index in [1.54, 1.807) is 0 Å². The number of carbonyl (C=O) groups is 5. The molecule has 0 bridgehead atoms. The third kappa shape index (κ3) is 2.56. The smallest absolute Gasteiger partial charge is 0.325 e. The quantitative estimate of drug-likeness (QED) is 0.568. The highest BCUT2D eigenvalue weighted by Gasteiger charge is 2.65. The summed E-state index contributed by atoms with van der Waals surface area (Å²) in [7, 11) is 1.40. The van der Waals surface area contributed by atoms with E-state index in [0.29, 0.717) is 5.69 Å². The predicted molar refractivity (Wildman–Crippen MR) is 99.9 cm³/mol. The molecule has 2 aliphatic carbocycles. The van der Waals surface area contributed by atoms with Gasteiger partial charge in [0.05, 0.1) is 11.1 Å². The Kier molecular flexibility index (Phi) is 3.62. The summed E-state index contributed by atoms with van der Waals surface area (Å²) in [5, 5.41) is 5.49. The number of nitrogens with zero attached hydrogens (tertiary/aromatic N) is 2. The van der Waals surface area contributed by atoms with Crippen LogP contribution in [-0.4, -0.2) is 58.6 Å². The molecule has 0 unspecified atom stereocenters. The molecule has 2 N–H and O–H groups in total. The molecule has 9 heteroatoms. The van der Waals surface area contributed by atoms with Gasteiger partial charge < -0.3 is 10.6 Å². The van der Waals surface area contributed by atoms with Crippen LogP contribution >= 0.6 is 0 Å². The minimum absolute atomic E-state index is 0.164. The molecule has 1 aromatic carbocycles. The number of urea groups is 1. The van der Waals surface area contributed by atoms with Crippen molar-refractivity contribution in [3.63, 3.8) is 0 Å². The predicted octanol–water partition coefficient (Wildman–Crippen LogP) is 0.961. The molecule has 0 spiro atoms. The van der Waals surface area contributed by atoms with Gasteiger partial charge in [0.15, 0.2) is 0 Å². The number of rotatable bonds is 5. The lowest BCUT2D eigenvalue weighted by atomic mass is 9.87. The molecule has 0 radical (unpaired) electrons. The van der Waals surface area contributed by atoms with Gasteiger partial charge in [0.25, 0.3) is 17.7 Å². The molecular weight excluding hydrogens is 376 g/mol. The van der Waals surface area contributed by atoms with Crippen LogP contribution in [0.3, 0.4) is 0 Å². The van der Waals surface area contributed by atoms with Crippen LogP contribution in [0.5, 0.6) is 0 Å². The molecule has 9 nitrogen and oxygen atoms in total. The van der Waals surface area contributed by atoms with Crippen molar-refractivity contribution in [2.75, 3.05) is 18.9 Å². The zero-order valence-corrected chi connectivity index (χ0v) is 15.9. The minimum Gasteiger partial charge on any atom is -0.325 e. The average Bonchev–Trinajstić information content (AvgIpc) is 3.60. The molecule has 150 valence electrons. The van der Waals surface area contributed by atoms with E-state index in [1.807, 2.05) is 0 Å². The maximum Gasteiger partial charge on any atom is 0.325 e. The number of imide groups is 2. The highest BCUT2D eigenvalue weighted by atomic mass is 16.2. The lowest BCUT2D eigenvalue weighted by Gasteiger charge is -2.26. The van der Waals surface area contributed by atoms with Crippen molar-refractivity contribution in [2.24, 2.45) is 11.8 Å². The zero-order chi connectivity index (χ0) is 20.5. The summed E-state index contributed by atoms with van der Waals surface area (Å²) in [6.45, 7) is -0.393. The highest BCUT2D eigenvalue weighted by Crippen LogP contribution is 2.54. The van der Waals surface area contributed by atoms with Crippen LogP contribution in [-0.2, 0) is 9.59 Å². The number of amides is 6. The largest absolute Gasteiger partial charge is 0.325 e. The van der Waals surface area contributed by atoms with Gasteiger partial charge in [-0.1, -0.05) is 0 Å². The van der Waals surface area contributed by atoms with Crippen LogP contribution in [0.1, 0.15) is 46.4 Å². The van der Waals surface area contributed by atoms with Crippen molar-refractivity contribution in [1.82, 2.24) is 15.1 Å². The molecule has 1 saturated heterocycles. The second-order valence-electron chi connectivity index (χ2n) is 8.22. The molecule has 2 aliphatic heterocycles. The van der Waals surface area contributed by atoms with Crippen LogP contribution < -0.4 is 10.6 Å². The van der Waals surface area contributed by atoms with Gasteiger partial charge in [-0.15, -0.1) is 0 Å². The number of hydrogen-bond donors (Lipinski definition) is 2. The number of anilines is 1. The highest BCUT2D eigenvalue weighted by molar-refractivity contribution is 6.21. The number of nitrogens with one attached hydrogen (secondary N) is 2. The fourth-order valence-corrected chi connectivity index (χ4v) is 4.50. The Morgan fingerprint density at radius 1 is 1.07 bits per heavy atom. The van der Waals surface area contributed by atoms with E-state index in [1.165, 1.54) is 25.2 Å². The fourth-order valence-electron chi connectivity index (χ4n) is 4.50. The second kappa shape index (κ2) is 5.88. The maximum atomic E-state index is 13.0. The lowest BCUT2D eigenvalue weighted by molar-refractivity contribution is -0.135. The van der Waals surface area contributed by atoms with Crippen LogP contribution in [0.2, 0.25) is 0 Å². The summed E-state index contributed by atoms with van der Waals surface area (Å²) in [6.07, 6.45) is 3.66. The van der Waals surface area contributed by atoms with Gasteiger partial charge in [-0.05, 0) is 55.7 Å². The van der Waals surface area contributed by atoms with E-state index in [4.69, 9.17) is 0 Å². The Bertz CT molecular complexity index is 983. The van der Waals surface area contributed by atoms with Crippen LogP contribution in [0, 0.1) is 11.8 Å². The molecule has 6 amide bonds. The number of benzene rings is 1. The van der Waals surface area contributed by atoms with E-state index in [9.17, 15) is 24.0 Å². The molecule has 2 heterocycles. The van der Waals surface area contributed by atoms with Crippen molar-refractivity contribution in [2.45, 2.75) is 31.2 Å². The topological polar surface area (TPSA) is 116 Å². The number of fused-ring (bicyclic) bond motifs is 1. The number of hydrogen-bond acceptors (Lipinski definition) is 5. The molecule has 0 aromatic heterocycles. The second-order valence-corrected chi connectivity index (χ2v) is 8.22. The Morgan fingerprint density at radius 2 is 1.69 bits per heavy atom. The fraction of sp³-hybridized carbons (Fsp3) is 0.450. The number of carbonyl (C=O) groups excluding carboxylic acids is 5. The van der Waals surface area contributed by atoms with Crippen molar-refractivity contribution < 1.29 is 24.0 Å². The van der Waals surface area contributed by atoms with E-state index < -0.39 is 35.8 Å². The summed E-state index contributed by atoms with van der Waals surface area (Å²) in [6, 6.07) is 3.90. The van der Waals surface area contributed by atoms with E-state index in [-0.39, 0.29) is 28.9 Å². The monoisotopic (exact) mass is 396 g/mol. The van der Waals surface area contributed by atoms with Crippen molar-refractivity contribution in [3.05, 3.63) is 29.3 Å². The summed E-state index contributed by atoms with van der Waals surface area (Å²) >= 11 is 0. The van der Waals surface area contributed by atoms with Crippen LogP contribution in [0.25, 0.3) is 0 Å². The maximum absolute atomic E-state index is 13.0. The van der Waals surface area contributed by atoms with E-state index in [2.05, 4.69) is 10.6 Å². The average molecular weight is 396 g/mol. The Labute approximate surface area is 166 Å². The van der Waals surface area contributed by atoms with E-state index >= 15 is 0 Å². The first-order chi connectivity index (χ1) is 13.8. The molecule has 1 aromatic rings. The van der Waals surface area contributed by atoms with Gasteiger partial charge >= 0.3 is 6.03 Å². The molecule has 3 fully saturated rings. The summed E-state index contributed by atoms with van der Waals surface area (Å²) in [5.41, 5.74) is -0.00890. The van der Waals surface area contributed by atoms with Gasteiger partial charge in [-0.3, -0.25) is 29.0 Å². The normalized spacial score (nSPS) is 22.8. The van der Waals surface area contributed by atoms with Gasteiger partial charge in [-0.2, -0.15) is 0 Å². The first kappa shape index (κ1) is 17.8. The molecule has 4 aliphatic rings. The zero-order valence-electron chi connectivity index (χ0n) is 15.9. The lowest BCUT2D eigenvalue weighted by Crippen LogP contribution is -2.51. The Balaban J connectivity index is 1.31. The van der Waals surface area contributed by atoms with Crippen LogP contribution in [0.4, 0.5) is 10.5 Å². The summed E-state index contributed by atoms with van der Waals surface area (Å²) in [4.78, 5) is 64.0. The van der Waals surface area contributed by atoms with Gasteiger partial charge in [0.1, 0.15) is 12.1 Å². The standard InChI is InChI=1S/C20H20N4O5/c1-23-16(26)13-7-6-12(8-14(13)17(23)27)21-15(25)9-24-18(28)20(10-2-3-10,11-4-5-11)22-19(24)29/h6-8,10-11H,2-5,9H2,1H3,(H,21,25)(H,22,29). The molecule has 5 rings (SSSR count). The van der Waals surface area contributed by atoms with Crippen molar-refractivity contribution in [1.29, 1.82) is 0 Å². The molecular formula is C20H20N4O5. The molecule has 2 saturated carbocycles.